The minimum absolute atomic E-state index is 0.0228. The molecular formula is C26H27N5O3. The SMILES string of the molecule is Cc1ccc(-n2cc(C3CCN(C(=O)c4ccc(C5(C)NC(=O)NC5=O)cc4)CC3)cn2)cc1. The van der Waals surface area contributed by atoms with E-state index >= 15 is 0 Å². The highest BCUT2D eigenvalue weighted by atomic mass is 16.2. The van der Waals surface area contributed by atoms with Crippen LogP contribution in [-0.2, 0) is 10.3 Å². The van der Waals surface area contributed by atoms with Crippen molar-refractivity contribution in [2.45, 2.75) is 38.1 Å². The number of aromatic nitrogens is 2. The van der Waals surface area contributed by atoms with Gasteiger partial charge in [0.2, 0.25) is 0 Å². The molecule has 8 heteroatoms. The highest BCUT2D eigenvalue weighted by Gasteiger charge is 2.43. The minimum Gasteiger partial charge on any atom is -0.339 e. The Hall–Kier alpha value is -3.94. The van der Waals surface area contributed by atoms with E-state index in [0.717, 1.165) is 18.5 Å². The van der Waals surface area contributed by atoms with Gasteiger partial charge in [0.05, 0.1) is 11.9 Å². The van der Waals surface area contributed by atoms with Crippen molar-refractivity contribution in [3.05, 3.63) is 83.2 Å². The molecule has 2 saturated heterocycles. The summed E-state index contributed by atoms with van der Waals surface area (Å²) in [6, 6.07) is 14.7. The lowest BCUT2D eigenvalue weighted by Crippen LogP contribution is -2.40. The Morgan fingerprint density at radius 2 is 1.71 bits per heavy atom. The lowest BCUT2D eigenvalue weighted by Gasteiger charge is -2.32. The van der Waals surface area contributed by atoms with E-state index in [1.165, 1.54) is 11.1 Å². The largest absolute Gasteiger partial charge is 0.339 e. The van der Waals surface area contributed by atoms with Gasteiger partial charge in [-0.2, -0.15) is 5.10 Å². The fraction of sp³-hybridized carbons (Fsp3) is 0.308. The van der Waals surface area contributed by atoms with E-state index in [0.29, 0.717) is 30.1 Å². The van der Waals surface area contributed by atoms with Gasteiger partial charge in [-0.1, -0.05) is 29.8 Å². The summed E-state index contributed by atoms with van der Waals surface area (Å²) in [6.45, 7) is 5.07. The van der Waals surface area contributed by atoms with E-state index in [4.69, 9.17) is 0 Å². The van der Waals surface area contributed by atoms with Crippen LogP contribution < -0.4 is 10.6 Å². The number of hydrogen-bond donors (Lipinski definition) is 2. The van der Waals surface area contributed by atoms with Crippen molar-refractivity contribution < 1.29 is 14.4 Å². The molecule has 2 aliphatic rings. The van der Waals surface area contributed by atoms with Gasteiger partial charge < -0.3 is 10.2 Å². The third-order valence-electron chi connectivity index (χ3n) is 6.91. The van der Waals surface area contributed by atoms with Gasteiger partial charge >= 0.3 is 6.03 Å². The maximum atomic E-state index is 13.0. The highest BCUT2D eigenvalue weighted by Crippen LogP contribution is 2.30. The average Bonchev–Trinajstić information content (AvgIpc) is 3.44. The molecule has 1 atom stereocenters. The van der Waals surface area contributed by atoms with Crippen LogP contribution in [-0.4, -0.2) is 45.6 Å². The summed E-state index contributed by atoms with van der Waals surface area (Å²) in [5.74, 6) is -0.0511. The quantitative estimate of drug-likeness (QED) is 0.588. The van der Waals surface area contributed by atoms with Crippen LogP contribution in [0.15, 0.2) is 60.9 Å². The van der Waals surface area contributed by atoms with Gasteiger partial charge in [0.25, 0.3) is 11.8 Å². The molecule has 0 bridgehead atoms. The number of carbonyl (C=O) groups excluding carboxylic acids is 3. The van der Waals surface area contributed by atoms with E-state index in [-0.39, 0.29) is 5.91 Å². The van der Waals surface area contributed by atoms with Crippen molar-refractivity contribution >= 4 is 17.8 Å². The number of aryl methyl sites for hydroxylation is 1. The van der Waals surface area contributed by atoms with Crippen LogP contribution in [0.4, 0.5) is 4.79 Å². The summed E-state index contributed by atoms with van der Waals surface area (Å²) in [4.78, 5) is 38.6. The zero-order chi connectivity index (χ0) is 23.9. The molecule has 2 aromatic carbocycles. The number of imide groups is 1. The maximum absolute atomic E-state index is 13.0. The van der Waals surface area contributed by atoms with Crippen LogP contribution in [0, 0.1) is 6.92 Å². The lowest BCUT2D eigenvalue weighted by molar-refractivity contribution is -0.123. The molecule has 34 heavy (non-hydrogen) atoms. The molecule has 3 aromatic rings. The molecule has 0 saturated carbocycles. The van der Waals surface area contributed by atoms with Crippen LogP contribution in [0.3, 0.4) is 0 Å². The van der Waals surface area contributed by atoms with E-state index in [1.807, 2.05) is 15.8 Å². The number of likely N-dealkylation sites (tertiary alicyclic amines) is 1. The first-order valence-electron chi connectivity index (χ1n) is 11.5. The van der Waals surface area contributed by atoms with Crippen molar-refractivity contribution in [3.63, 3.8) is 0 Å². The first-order chi connectivity index (χ1) is 16.3. The molecule has 8 nitrogen and oxygen atoms in total. The Labute approximate surface area is 197 Å². The number of piperidine rings is 1. The van der Waals surface area contributed by atoms with E-state index < -0.39 is 17.5 Å². The average molecular weight is 458 g/mol. The van der Waals surface area contributed by atoms with Crippen LogP contribution in [0.2, 0.25) is 0 Å². The van der Waals surface area contributed by atoms with Crippen molar-refractivity contribution in [2.75, 3.05) is 13.1 Å². The van der Waals surface area contributed by atoms with Crippen LogP contribution >= 0.6 is 0 Å². The Bertz CT molecular complexity index is 1240. The summed E-state index contributed by atoms with van der Waals surface area (Å²) in [5, 5.41) is 9.43. The Morgan fingerprint density at radius 1 is 1.03 bits per heavy atom. The second-order valence-corrected chi connectivity index (χ2v) is 9.23. The summed E-state index contributed by atoms with van der Waals surface area (Å²) < 4.78 is 1.90. The lowest BCUT2D eigenvalue weighted by atomic mass is 9.90. The molecule has 3 heterocycles. The summed E-state index contributed by atoms with van der Waals surface area (Å²) in [7, 11) is 0. The topological polar surface area (TPSA) is 96.3 Å². The number of hydrogen-bond acceptors (Lipinski definition) is 4. The summed E-state index contributed by atoms with van der Waals surface area (Å²) in [5.41, 5.74) is 3.53. The highest BCUT2D eigenvalue weighted by molar-refractivity contribution is 6.07. The molecule has 0 radical (unpaired) electrons. The fourth-order valence-corrected chi connectivity index (χ4v) is 4.68. The first kappa shape index (κ1) is 21.9. The molecule has 5 rings (SSSR count). The van der Waals surface area contributed by atoms with Crippen molar-refractivity contribution in [1.29, 1.82) is 0 Å². The number of rotatable bonds is 4. The van der Waals surface area contributed by atoms with Crippen molar-refractivity contribution in [3.8, 4) is 5.69 Å². The Kier molecular flexibility index (Phi) is 5.43. The Balaban J connectivity index is 1.21. The number of nitrogens with zero attached hydrogens (tertiary/aromatic N) is 3. The van der Waals surface area contributed by atoms with Crippen LogP contribution in [0.1, 0.15) is 52.7 Å². The molecule has 2 aliphatic heterocycles. The molecule has 0 aliphatic carbocycles. The molecule has 1 unspecified atom stereocenters. The molecule has 2 N–H and O–H groups in total. The number of carbonyl (C=O) groups is 3. The predicted octanol–water partition coefficient (Wildman–Crippen LogP) is 3.26. The minimum atomic E-state index is -1.12. The third-order valence-corrected chi connectivity index (χ3v) is 6.91. The second-order valence-electron chi connectivity index (χ2n) is 9.23. The third kappa shape index (κ3) is 3.96. The van der Waals surface area contributed by atoms with E-state index in [9.17, 15) is 14.4 Å². The molecule has 1 aromatic heterocycles. The van der Waals surface area contributed by atoms with E-state index in [1.54, 1.807) is 31.2 Å². The fourth-order valence-electron chi connectivity index (χ4n) is 4.68. The number of nitrogens with one attached hydrogen (secondary N) is 2. The second kappa shape index (κ2) is 8.44. The van der Waals surface area contributed by atoms with Crippen molar-refractivity contribution in [1.82, 2.24) is 25.3 Å². The maximum Gasteiger partial charge on any atom is 0.322 e. The number of benzene rings is 2. The van der Waals surface area contributed by atoms with Gasteiger partial charge in [-0.15, -0.1) is 0 Å². The Morgan fingerprint density at radius 3 is 2.32 bits per heavy atom. The van der Waals surface area contributed by atoms with Gasteiger partial charge in [0, 0.05) is 24.8 Å². The zero-order valence-corrected chi connectivity index (χ0v) is 19.2. The zero-order valence-electron chi connectivity index (χ0n) is 19.2. The van der Waals surface area contributed by atoms with Gasteiger partial charge in [-0.25, -0.2) is 9.48 Å². The normalized spacial score (nSPS) is 20.8. The monoisotopic (exact) mass is 457 g/mol. The molecule has 0 spiro atoms. The van der Waals surface area contributed by atoms with Crippen LogP contribution in [0.25, 0.3) is 5.69 Å². The smallest absolute Gasteiger partial charge is 0.322 e. The van der Waals surface area contributed by atoms with Crippen LogP contribution in [0.5, 0.6) is 0 Å². The molecular weight excluding hydrogens is 430 g/mol. The molecule has 4 amide bonds. The summed E-state index contributed by atoms with van der Waals surface area (Å²) >= 11 is 0. The van der Waals surface area contributed by atoms with E-state index in [2.05, 4.69) is 53.1 Å². The van der Waals surface area contributed by atoms with Gasteiger partial charge in [-0.3, -0.25) is 14.9 Å². The summed E-state index contributed by atoms with van der Waals surface area (Å²) in [6.07, 6.45) is 5.78. The predicted molar refractivity (Wildman–Crippen MR) is 127 cm³/mol. The van der Waals surface area contributed by atoms with Gasteiger partial charge in [0.1, 0.15) is 5.54 Å². The van der Waals surface area contributed by atoms with Gasteiger partial charge in [-0.05, 0) is 68.0 Å². The van der Waals surface area contributed by atoms with Crippen molar-refractivity contribution in [2.24, 2.45) is 0 Å². The number of amides is 4. The standard InChI is InChI=1S/C26H27N5O3/c1-17-3-9-22(10-4-17)31-16-20(15-27-31)18-11-13-30(14-12-18)23(32)19-5-7-21(8-6-19)26(2)24(33)28-25(34)29-26/h3-10,15-16,18H,11-14H2,1-2H3,(H2,28,29,33,34). The van der Waals surface area contributed by atoms with Gasteiger partial charge in [0.15, 0.2) is 0 Å². The number of urea groups is 1. The first-order valence-corrected chi connectivity index (χ1v) is 11.5. The molecule has 2 fully saturated rings. The molecule has 174 valence electrons.